The zero-order chi connectivity index (χ0) is 26.0. The summed E-state index contributed by atoms with van der Waals surface area (Å²) in [6.45, 7) is 5.14. The van der Waals surface area contributed by atoms with Crippen molar-refractivity contribution in [2.24, 2.45) is 0 Å². The van der Waals surface area contributed by atoms with Crippen LogP contribution in [0, 0.1) is 0 Å². The molecule has 4 rings (SSSR count). The molecule has 7 heteroatoms. The molecule has 3 aromatic carbocycles. The average Bonchev–Trinajstić information content (AvgIpc) is 2.83. The van der Waals surface area contributed by atoms with Crippen LogP contribution in [-0.4, -0.2) is 42.8 Å². The second-order valence-corrected chi connectivity index (χ2v) is 9.48. The van der Waals surface area contributed by atoms with Gasteiger partial charge in [-0.05, 0) is 78.6 Å². The number of rotatable bonds is 5. The molecule has 1 heterocycles. The summed E-state index contributed by atoms with van der Waals surface area (Å²) < 4.78 is 0. The van der Waals surface area contributed by atoms with Crippen molar-refractivity contribution in [3.63, 3.8) is 0 Å². The molecule has 36 heavy (non-hydrogen) atoms. The number of benzene rings is 3. The van der Waals surface area contributed by atoms with Crippen molar-refractivity contribution in [1.29, 1.82) is 0 Å². The van der Waals surface area contributed by atoms with Gasteiger partial charge in [0, 0.05) is 56.6 Å². The van der Waals surface area contributed by atoms with E-state index in [2.05, 4.69) is 23.6 Å². The van der Waals surface area contributed by atoms with Crippen molar-refractivity contribution < 1.29 is 14.4 Å². The Morgan fingerprint density at radius 1 is 0.889 bits per heavy atom. The van der Waals surface area contributed by atoms with Crippen molar-refractivity contribution in [2.45, 2.75) is 39.3 Å². The normalized spacial score (nSPS) is 16.6. The predicted molar refractivity (Wildman–Crippen MR) is 144 cm³/mol. The maximum Gasteiger partial charge on any atom is 0.253 e. The Labute approximate surface area is 212 Å². The summed E-state index contributed by atoms with van der Waals surface area (Å²) in [5, 5.41) is 6.45. The Balaban J connectivity index is 1.70. The summed E-state index contributed by atoms with van der Waals surface area (Å²) in [6.07, 6.45) is 0.736. The molecule has 0 unspecified atom stereocenters. The molecule has 2 N–H and O–H groups in total. The molecule has 1 aliphatic heterocycles. The molecular formula is C29H32N4O3. The van der Waals surface area contributed by atoms with Gasteiger partial charge in [-0.1, -0.05) is 18.2 Å². The van der Waals surface area contributed by atoms with Crippen LogP contribution in [0.25, 0.3) is 11.1 Å². The van der Waals surface area contributed by atoms with Crippen molar-refractivity contribution in [2.75, 3.05) is 29.6 Å². The molecule has 0 bridgehead atoms. The summed E-state index contributed by atoms with van der Waals surface area (Å²) in [6, 6.07) is 21.3. The van der Waals surface area contributed by atoms with Gasteiger partial charge >= 0.3 is 0 Å². The Kier molecular flexibility index (Phi) is 7.10. The largest absolute Gasteiger partial charge is 0.378 e. The summed E-state index contributed by atoms with van der Waals surface area (Å²) in [5.74, 6) is -0.151. The lowest BCUT2D eigenvalue weighted by Gasteiger charge is -2.39. The van der Waals surface area contributed by atoms with Crippen LogP contribution < -0.4 is 15.5 Å². The number of hydrogen-bond acceptors (Lipinski definition) is 4. The van der Waals surface area contributed by atoms with E-state index in [9.17, 15) is 14.4 Å². The van der Waals surface area contributed by atoms with Crippen molar-refractivity contribution >= 4 is 34.8 Å². The fourth-order valence-corrected chi connectivity index (χ4v) is 4.81. The Hall–Kier alpha value is -4.13. The maximum absolute atomic E-state index is 12.5. The number of carbonyl (C=O) groups excluding carboxylic acids is 3. The SMILES string of the molecule is CC(=O)Nc1cccc(-c2ccc3c(c2)[C@H](Nc2ccc(C(=O)N(C)C)cc2)C[C@H](C)N3C(C)=O)c1. The summed E-state index contributed by atoms with van der Waals surface area (Å²) >= 11 is 0. The molecule has 0 aliphatic carbocycles. The number of hydrogen-bond donors (Lipinski definition) is 2. The maximum atomic E-state index is 12.5. The van der Waals surface area contributed by atoms with Gasteiger partial charge in [-0.25, -0.2) is 0 Å². The van der Waals surface area contributed by atoms with Gasteiger partial charge in [0.1, 0.15) is 0 Å². The lowest BCUT2D eigenvalue weighted by molar-refractivity contribution is -0.117. The lowest BCUT2D eigenvalue weighted by atomic mass is 9.88. The monoisotopic (exact) mass is 484 g/mol. The first-order chi connectivity index (χ1) is 17.1. The van der Waals surface area contributed by atoms with Crippen LogP contribution in [0.5, 0.6) is 0 Å². The zero-order valence-corrected chi connectivity index (χ0v) is 21.3. The van der Waals surface area contributed by atoms with Gasteiger partial charge in [0.05, 0.1) is 6.04 Å². The van der Waals surface area contributed by atoms with Crippen LogP contribution in [0.1, 0.15) is 49.2 Å². The van der Waals surface area contributed by atoms with E-state index in [-0.39, 0.29) is 29.8 Å². The first-order valence-corrected chi connectivity index (χ1v) is 12.0. The van der Waals surface area contributed by atoms with Crippen LogP contribution in [0.4, 0.5) is 17.1 Å². The number of carbonyl (C=O) groups is 3. The van der Waals surface area contributed by atoms with Gasteiger partial charge in [0.25, 0.3) is 5.91 Å². The van der Waals surface area contributed by atoms with Crippen LogP contribution >= 0.6 is 0 Å². The van der Waals surface area contributed by atoms with E-state index < -0.39 is 0 Å². The molecule has 7 nitrogen and oxygen atoms in total. The minimum Gasteiger partial charge on any atom is -0.378 e. The van der Waals surface area contributed by atoms with Crippen molar-refractivity contribution in [1.82, 2.24) is 4.90 Å². The van der Waals surface area contributed by atoms with Gasteiger partial charge in [0.15, 0.2) is 0 Å². The quantitative estimate of drug-likeness (QED) is 0.514. The number of nitrogens with one attached hydrogen (secondary N) is 2. The molecule has 0 aromatic heterocycles. The van der Waals surface area contributed by atoms with E-state index in [0.29, 0.717) is 5.56 Å². The van der Waals surface area contributed by atoms with Crippen LogP contribution in [-0.2, 0) is 9.59 Å². The molecule has 3 aromatic rings. The Morgan fingerprint density at radius 2 is 1.58 bits per heavy atom. The number of anilines is 3. The molecule has 3 amide bonds. The third-order valence-corrected chi connectivity index (χ3v) is 6.41. The second-order valence-electron chi connectivity index (χ2n) is 9.48. The minimum atomic E-state index is -0.119. The molecular weight excluding hydrogens is 452 g/mol. The number of fused-ring (bicyclic) bond motifs is 1. The van der Waals surface area contributed by atoms with E-state index in [1.165, 1.54) is 6.92 Å². The van der Waals surface area contributed by atoms with Gasteiger partial charge in [0.2, 0.25) is 11.8 Å². The zero-order valence-electron chi connectivity index (χ0n) is 21.3. The third kappa shape index (κ3) is 5.25. The molecule has 186 valence electrons. The van der Waals surface area contributed by atoms with Crippen molar-refractivity contribution in [3.05, 3.63) is 77.9 Å². The van der Waals surface area contributed by atoms with Gasteiger partial charge in [-0.2, -0.15) is 0 Å². The van der Waals surface area contributed by atoms with E-state index in [1.807, 2.05) is 65.6 Å². The molecule has 0 fully saturated rings. The predicted octanol–water partition coefficient (Wildman–Crippen LogP) is 5.31. The fraction of sp³-hybridized carbons (Fsp3) is 0.276. The van der Waals surface area contributed by atoms with E-state index in [1.54, 1.807) is 25.9 Å². The Bertz CT molecular complexity index is 1300. The highest BCUT2D eigenvalue weighted by Gasteiger charge is 2.32. The standard InChI is InChI=1S/C29H32N4O3/c1-18-15-27(31-24-12-9-21(10-13-24)29(36)32(4)5)26-17-23(11-14-28(26)33(18)20(3)35)22-7-6-8-25(16-22)30-19(2)34/h6-14,16-18,27,31H,15H2,1-5H3,(H,30,34)/t18-,27+/m0/s1. The van der Waals surface area contributed by atoms with Crippen molar-refractivity contribution in [3.8, 4) is 11.1 Å². The molecule has 0 saturated heterocycles. The van der Waals surface area contributed by atoms with Crippen LogP contribution in [0.15, 0.2) is 66.7 Å². The minimum absolute atomic E-state index is 0.00848. The molecule has 0 spiro atoms. The highest BCUT2D eigenvalue weighted by molar-refractivity contribution is 5.95. The molecule has 0 radical (unpaired) electrons. The Morgan fingerprint density at radius 3 is 2.22 bits per heavy atom. The smallest absolute Gasteiger partial charge is 0.253 e. The lowest BCUT2D eigenvalue weighted by Crippen LogP contribution is -2.43. The van der Waals surface area contributed by atoms with E-state index in [0.717, 1.165) is 40.2 Å². The highest BCUT2D eigenvalue weighted by atomic mass is 16.2. The van der Waals surface area contributed by atoms with E-state index in [4.69, 9.17) is 0 Å². The summed E-state index contributed by atoms with van der Waals surface area (Å²) in [5.41, 5.74) is 6.16. The topological polar surface area (TPSA) is 81.8 Å². The van der Waals surface area contributed by atoms with Crippen LogP contribution in [0.3, 0.4) is 0 Å². The first kappa shape index (κ1) is 25.0. The second kappa shape index (κ2) is 10.2. The summed E-state index contributed by atoms with van der Waals surface area (Å²) in [4.78, 5) is 39.7. The number of amides is 3. The van der Waals surface area contributed by atoms with Gasteiger partial charge < -0.3 is 20.4 Å². The highest BCUT2D eigenvalue weighted by Crippen LogP contribution is 2.41. The van der Waals surface area contributed by atoms with Gasteiger partial charge in [-0.3, -0.25) is 14.4 Å². The number of nitrogens with zero attached hydrogens (tertiary/aromatic N) is 2. The molecule has 1 aliphatic rings. The third-order valence-electron chi connectivity index (χ3n) is 6.41. The fourth-order valence-electron chi connectivity index (χ4n) is 4.81. The molecule has 0 saturated carbocycles. The van der Waals surface area contributed by atoms with Crippen LogP contribution in [0.2, 0.25) is 0 Å². The first-order valence-electron chi connectivity index (χ1n) is 12.0. The van der Waals surface area contributed by atoms with Gasteiger partial charge in [-0.15, -0.1) is 0 Å². The van der Waals surface area contributed by atoms with E-state index >= 15 is 0 Å². The average molecular weight is 485 g/mol. The molecule has 2 atom stereocenters. The summed E-state index contributed by atoms with van der Waals surface area (Å²) in [7, 11) is 3.47.